The Morgan fingerprint density at radius 1 is 1.21 bits per heavy atom. The zero-order valence-electron chi connectivity index (χ0n) is 16.3. The summed E-state index contributed by atoms with van der Waals surface area (Å²) in [6.07, 6.45) is 1.88. The summed E-state index contributed by atoms with van der Waals surface area (Å²) in [5.74, 6) is 1.68. The Hall–Kier alpha value is -2.28. The molecule has 1 aromatic heterocycles. The van der Waals surface area contributed by atoms with Gasteiger partial charge in [-0.2, -0.15) is 0 Å². The number of rotatable bonds is 5. The van der Waals surface area contributed by atoms with Crippen LogP contribution in [0.5, 0.6) is 0 Å². The smallest absolute Gasteiger partial charge is 0.162 e. The topological polar surface area (TPSA) is 46.3 Å². The first kappa shape index (κ1) is 20.0. The molecular formula is C22H21BrClN5. The highest BCUT2D eigenvalue weighted by atomic mass is 79.9. The van der Waals surface area contributed by atoms with Crippen molar-refractivity contribution in [3.8, 4) is 5.69 Å². The number of hydrogen-bond donors (Lipinski definition) is 0. The Morgan fingerprint density at radius 2 is 2.00 bits per heavy atom. The van der Waals surface area contributed by atoms with Gasteiger partial charge in [0.2, 0.25) is 0 Å². The summed E-state index contributed by atoms with van der Waals surface area (Å²) in [4.78, 5) is 7.16. The molecule has 3 aromatic rings. The highest BCUT2D eigenvalue weighted by Gasteiger charge is 2.27. The predicted octanol–water partition coefficient (Wildman–Crippen LogP) is 5.21. The molecule has 0 spiro atoms. The van der Waals surface area contributed by atoms with Gasteiger partial charge in [-0.25, -0.2) is 0 Å². The number of halogens is 2. The maximum Gasteiger partial charge on any atom is 0.162 e. The maximum absolute atomic E-state index is 6.54. The van der Waals surface area contributed by atoms with Crippen molar-refractivity contribution in [1.29, 1.82) is 0 Å². The molecule has 1 atom stereocenters. The lowest BCUT2D eigenvalue weighted by Crippen LogP contribution is -2.21. The van der Waals surface area contributed by atoms with E-state index in [0.29, 0.717) is 11.6 Å². The molecule has 1 aliphatic heterocycles. The van der Waals surface area contributed by atoms with Crippen LogP contribution in [0.1, 0.15) is 35.7 Å². The lowest BCUT2D eigenvalue weighted by molar-refractivity contribution is 0.350. The van der Waals surface area contributed by atoms with Gasteiger partial charge >= 0.3 is 0 Å². The van der Waals surface area contributed by atoms with Crippen LogP contribution in [0, 0.1) is 0 Å². The minimum Gasteiger partial charge on any atom is -0.295 e. The molecule has 2 aromatic carbocycles. The van der Waals surface area contributed by atoms with Crippen molar-refractivity contribution in [1.82, 2.24) is 19.7 Å². The molecule has 148 valence electrons. The van der Waals surface area contributed by atoms with Gasteiger partial charge in [0, 0.05) is 27.2 Å². The van der Waals surface area contributed by atoms with E-state index in [4.69, 9.17) is 16.6 Å². The second-order valence-corrected chi connectivity index (χ2v) is 8.41. The normalized spacial score (nSPS) is 15.5. The van der Waals surface area contributed by atoms with E-state index < -0.39 is 0 Å². The molecule has 0 N–H and O–H groups in total. The molecule has 1 unspecified atom stereocenters. The Bertz CT molecular complexity index is 1100. The van der Waals surface area contributed by atoms with Gasteiger partial charge in [-0.1, -0.05) is 51.8 Å². The van der Waals surface area contributed by atoms with Crippen LogP contribution >= 0.6 is 27.5 Å². The minimum atomic E-state index is -0.168. The van der Waals surface area contributed by atoms with E-state index in [1.165, 1.54) is 0 Å². The zero-order valence-corrected chi connectivity index (χ0v) is 18.7. The fourth-order valence-electron chi connectivity index (χ4n) is 3.57. The molecular weight excluding hydrogens is 450 g/mol. The van der Waals surface area contributed by atoms with Crippen molar-refractivity contribution in [2.45, 2.75) is 19.5 Å². The molecule has 0 amide bonds. The minimum absolute atomic E-state index is 0.168. The van der Waals surface area contributed by atoms with Crippen molar-refractivity contribution in [3.63, 3.8) is 0 Å². The fourth-order valence-corrected chi connectivity index (χ4v) is 4.15. The van der Waals surface area contributed by atoms with Crippen LogP contribution in [0.4, 0.5) is 0 Å². The number of aromatic nitrogens is 3. The van der Waals surface area contributed by atoms with E-state index in [1.807, 2.05) is 50.4 Å². The van der Waals surface area contributed by atoms with Crippen LogP contribution < -0.4 is 0 Å². The summed E-state index contributed by atoms with van der Waals surface area (Å²) in [5.41, 5.74) is 3.76. The van der Waals surface area contributed by atoms with Gasteiger partial charge in [-0.05, 0) is 38.2 Å². The molecule has 7 heteroatoms. The summed E-state index contributed by atoms with van der Waals surface area (Å²) >= 11 is 10.2. The lowest BCUT2D eigenvalue weighted by atomic mass is 10.0. The number of nitrogens with zero attached hydrogens (tertiary/aromatic N) is 5. The van der Waals surface area contributed by atoms with Crippen molar-refractivity contribution in [3.05, 3.63) is 87.4 Å². The van der Waals surface area contributed by atoms with Gasteiger partial charge in [0.25, 0.3) is 0 Å². The average molecular weight is 471 g/mol. The molecule has 2 heterocycles. The number of benzene rings is 2. The summed E-state index contributed by atoms with van der Waals surface area (Å²) in [6, 6.07) is 13.8. The van der Waals surface area contributed by atoms with Crippen LogP contribution in [0.3, 0.4) is 0 Å². The Balaban J connectivity index is 1.93. The monoisotopic (exact) mass is 469 g/mol. The fraction of sp³-hybridized carbons (Fsp3) is 0.227. The van der Waals surface area contributed by atoms with Gasteiger partial charge in [0.15, 0.2) is 11.6 Å². The van der Waals surface area contributed by atoms with Gasteiger partial charge in [-0.3, -0.25) is 14.5 Å². The largest absolute Gasteiger partial charge is 0.295 e. The Kier molecular flexibility index (Phi) is 5.67. The first-order valence-electron chi connectivity index (χ1n) is 9.36. The van der Waals surface area contributed by atoms with E-state index in [0.717, 1.165) is 45.2 Å². The Morgan fingerprint density at radius 3 is 2.76 bits per heavy atom. The predicted molar refractivity (Wildman–Crippen MR) is 121 cm³/mol. The number of aliphatic imine (C=N–C) groups is 1. The van der Waals surface area contributed by atoms with E-state index in [9.17, 15) is 0 Å². The van der Waals surface area contributed by atoms with Crippen molar-refractivity contribution in [2.75, 3.05) is 13.6 Å². The summed E-state index contributed by atoms with van der Waals surface area (Å²) in [7, 11) is 2.04. The molecule has 4 rings (SSSR count). The van der Waals surface area contributed by atoms with Crippen LogP contribution in [0.25, 0.3) is 5.69 Å². The van der Waals surface area contributed by atoms with Crippen LogP contribution in [-0.4, -0.2) is 39.0 Å². The van der Waals surface area contributed by atoms with Crippen LogP contribution in [0.15, 0.2) is 64.6 Å². The first-order valence-corrected chi connectivity index (χ1v) is 10.5. The molecule has 5 nitrogen and oxygen atoms in total. The van der Waals surface area contributed by atoms with E-state index >= 15 is 0 Å². The lowest BCUT2D eigenvalue weighted by Gasteiger charge is -2.17. The molecule has 0 saturated carbocycles. The van der Waals surface area contributed by atoms with Crippen LogP contribution in [-0.2, 0) is 6.54 Å². The third kappa shape index (κ3) is 3.80. The molecule has 0 aliphatic carbocycles. The van der Waals surface area contributed by atoms with Crippen molar-refractivity contribution in [2.24, 2.45) is 4.99 Å². The molecule has 0 bridgehead atoms. The molecule has 0 fully saturated rings. The highest BCUT2D eigenvalue weighted by Crippen LogP contribution is 2.34. The Labute approximate surface area is 183 Å². The van der Waals surface area contributed by atoms with Gasteiger partial charge in [0.05, 0.1) is 17.9 Å². The SMILES string of the molecule is C=CCN(C)Cc1nnc2n1-c1cc(Br)ccc1C(c1ccccc1Cl)=NC2C. The molecule has 0 radical (unpaired) electrons. The second-order valence-electron chi connectivity index (χ2n) is 7.09. The van der Waals surface area contributed by atoms with Gasteiger partial charge < -0.3 is 0 Å². The second kappa shape index (κ2) is 8.22. The van der Waals surface area contributed by atoms with Crippen LogP contribution in [0.2, 0.25) is 5.02 Å². The number of likely N-dealkylation sites (N-methyl/N-ethyl adjacent to an activating group) is 1. The summed E-state index contributed by atoms with van der Waals surface area (Å²) in [6.45, 7) is 7.28. The third-order valence-corrected chi connectivity index (χ3v) is 5.71. The van der Waals surface area contributed by atoms with Crippen molar-refractivity contribution >= 4 is 33.2 Å². The molecule has 0 saturated heterocycles. The quantitative estimate of drug-likeness (QED) is 0.481. The standard InChI is InChI=1S/C22H21BrClN5/c1-4-11-28(3)13-20-26-27-22-14(2)25-21(16-7-5-6-8-18(16)24)17-10-9-15(23)12-19(17)29(20)22/h4-10,12,14H,1,11,13H2,2-3H3. The highest BCUT2D eigenvalue weighted by molar-refractivity contribution is 9.10. The van der Waals surface area contributed by atoms with Crippen molar-refractivity contribution < 1.29 is 0 Å². The van der Waals surface area contributed by atoms with E-state index in [2.05, 4.69) is 54.3 Å². The molecule has 29 heavy (non-hydrogen) atoms. The van der Waals surface area contributed by atoms with Gasteiger partial charge in [-0.15, -0.1) is 16.8 Å². The van der Waals surface area contributed by atoms with E-state index in [1.54, 1.807) is 0 Å². The third-order valence-electron chi connectivity index (χ3n) is 4.89. The maximum atomic E-state index is 6.54. The van der Waals surface area contributed by atoms with E-state index in [-0.39, 0.29) is 6.04 Å². The first-order chi connectivity index (χ1) is 14.0. The average Bonchev–Trinajstić information content (AvgIpc) is 3.05. The molecule has 1 aliphatic rings. The summed E-state index contributed by atoms with van der Waals surface area (Å²) in [5, 5.41) is 9.65. The zero-order chi connectivity index (χ0) is 20.5. The summed E-state index contributed by atoms with van der Waals surface area (Å²) < 4.78 is 3.10. The number of hydrogen-bond acceptors (Lipinski definition) is 4. The number of fused-ring (bicyclic) bond motifs is 3. The van der Waals surface area contributed by atoms with Gasteiger partial charge in [0.1, 0.15) is 6.04 Å².